The summed E-state index contributed by atoms with van der Waals surface area (Å²) in [6.45, 7) is 6.35. The molecular formula is C15H20N4S2. The van der Waals surface area contributed by atoms with Gasteiger partial charge in [0.25, 0.3) is 0 Å². The third-order valence-corrected chi connectivity index (χ3v) is 5.41. The molecular weight excluding hydrogens is 300 g/mol. The second-order valence-corrected chi connectivity index (χ2v) is 7.08. The molecule has 2 aromatic rings. The van der Waals surface area contributed by atoms with Crippen LogP contribution < -0.4 is 0 Å². The van der Waals surface area contributed by atoms with E-state index in [1.165, 1.54) is 5.69 Å². The normalized spacial score (nSPS) is 16.6. The van der Waals surface area contributed by atoms with E-state index in [1.54, 1.807) is 11.8 Å². The molecule has 0 bridgehead atoms. The van der Waals surface area contributed by atoms with Crippen molar-refractivity contribution in [2.24, 2.45) is 0 Å². The predicted molar refractivity (Wildman–Crippen MR) is 92.9 cm³/mol. The van der Waals surface area contributed by atoms with E-state index in [1.807, 2.05) is 12.1 Å². The van der Waals surface area contributed by atoms with Gasteiger partial charge in [0.2, 0.25) is 0 Å². The van der Waals surface area contributed by atoms with Crippen LogP contribution in [0.3, 0.4) is 0 Å². The minimum absolute atomic E-state index is 0.840. The van der Waals surface area contributed by atoms with E-state index in [4.69, 9.17) is 12.2 Å². The number of likely N-dealkylation sites (N-methyl/N-ethyl adjacent to an activating group) is 1. The van der Waals surface area contributed by atoms with Crippen LogP contribution in [0.25, 0.3) is 5.65 Å². The van der Waals surface area contributed by atoms with E-state index >= 15 is 0 Å². The second-order valence-electron chi connectivity index (χ2n) is 5.47. The fourth-order valence-electron chi connectivity index (χ4n) is 2.48. The smallest absolute Gasteiger partial charge is 0.137 e. The summed E-state index contributed by atoms with van der Waals surface area (Å²) in [6, 6.07) is 6.18. The maximum Gasteiger partial charge on any atom is 0.137 e. The molecule has 0 spiro atoms. The molecule has 0 N–H and O–H groups in total. The Labute approximate surface area is 135 Å². The van der Waals surface area contributed by atoms with Gasteiger partial charge in [-0.1, -0.05) is 30.0 Å². The van der Waals surface area contributed by atoms with Crippen LogP contribution in [-0.2, 0) is 5.75 Å². The van der Waals surface area contributed by atoms with Gasteiger partial charge in [-0.15, -0.1) is 0 Å². The van der Waals surface area contributed by atoms with Gasteiger partial charge in [-0.3, -0.25) is 0 Å². The number of fused-ring (bicyclic) bond motifs is 1. The molecule has 1 fully saturated rings. The minimum atomic E-state index is 0.840. The summed E-state index contributed by atoms with van der Waals surface area (Å²) in [7, 11) is 2.16. The van der Waals surface area contributed by atoms with Crippen molar-refractivity contribution in [2.75, 3.05) is 33.2 Å². The lowest BCUT2D eigenvalue weighted by molar-refractivity contribution is 0.220. The molecule has 1 aliphatic heterocycles. The Morgan fingerprint density at radius 1 is 1.29 bits per heavy atom. The number of hydrogen-bond donors (Lipinski definition) is 0. The third-order valence-electron chi connectivity index (χ3n) is 3.85. The Bertz CT molecular complexity index is 644. The van der Waals surface area contributed by atoms with E-state index in [2.05, 4.69) is 45.4 Å². The first-order valence-electron chi connectivity index (χ1n) is 7.17. The van der Waals surface area contributed by atoms with Crippen LogP contribution in [-0.4, -0.2) is 56.7 Å². The molecule has 4 nitrogen and oxygen atoms in total. The van der Waals surface area contributed by atoms with E-state index in [0.717, 1.165) is 47.6 Å². The second kappa shape index (κ2) is 6.34. The highest BCUT2D eigenvalue weighted by atomic mass is 32.2. The highest BCUT2D eigenvalue weighted by molar-refractivity contribution is 8.22. The Kier molecular flexibility index (Phi) is 4.47. The van der Waals surface area contributed by atoms with Crippen molar-refractivity contribution in [3.05, 3.63) is 35.8 Å². The number of aromatic nitrogens is 2. The molecule has 1 saturated heterocycles. The minimum Gasteiger partial charge on any atom is -0.355 e. The van der Waals surface area contributed by atoms with Gasteiger partial charge in [0, 0.05) is 43.8 Å². The number of thioether (sulfide) groups is 1. The van der Waals surface area contributed by atoms with Gasteiger partial charge in [-0.2, -0.15) is 0 Å². The highest BCUT2D eigenvalue weighted by Crippen LogP contribution is 2.18. The summed E-state index contributed by atoms with van der Waals surface area (Å²) >= 11 is 7.28. The van der Waals surface area contributed by atoms with Crippen LogP contribution in [0.5, 0.6) is 0 Å². The van der Waals surface area contributed by atoms with Gasteiger partial charge < -0.3 is 14.2 Å². The summed E-state index contributed by atoms with van der Waals surface area (Å²) in [5, 5.41) is 0. The molecule has 0 atom stereocenters. The summed E-state index contributed by atoms with van der Waals surface area (Å²) in [5.41, 5.74) is 3.31. The molecule has 0 radical (unpaired) electrons. The Hall–Kier alpha value is -1.11. The first-order chi connectivity index (χ1) is 10.1. The summed E-state index contributed by atoms with van der Waals surface area (Å²) in [5.74, 6) is 0.840. The zero-order valence-corrected chi connectivity index (χ0v) is 14.1. The van der Waals surface area contributed by atoms with E-state index in [-0.39, 0.29) is 0 Å². The summed E-state index contributed by atoms with van der Waals surface area (Å²) in [6.07, 6.45) is 2.12. The number of imidazole rings is 1. The van der Waals surface area contributed by atoms with Gasteiger partial charge in [-0.25, -0.2) is 4.98 Å². The van der Waals surface area contributed by atoms with Crippen LogP contribution in [0, 0.1) is 6.92 Å². The molecule has 112 valence electrons. The number of thiocarbonyl (C=S) groups is 1. The maximum atomic E-state index is 5.55. The van der Waals surface area contributed by atoms with Gasteiger partial charge >= 0.3 is 0 Å². The molecule has 6 heteroatoms. The molecule has 2 aromatic heterocycles. The van der Waals surface area contributed by atoms with Crippen LogP contribution in [0.1, 0.15) is 11.4 Å². The first kappa shape index (κ1) is 14.8. The van der Waals surface area contributed by atoms with E-state index in [9.17, 15) is 0 Å². The van der Waals surface area contributed by atoms with Crippen LogP contribution in [0.15, 0.2) is 24.4 Å². The largest absolute Gasteiger partial charge is 0.355 e. The van der Waals surface area contributed by atoms with Crippen LogP contribution in [0.4, 0.5) is 0 Å². The number of nitrogens with zero attached hydrogens (tertiary/aromatic N) is 4. The third kappa shape index (κ3) is 3.39. The average Bonchev–Trinajstić information content (AvgIpc) is 2.90. The van der Waals surface area contributed by atoms with Gasteiger partial charge in [0.05, 0.1) is 5.69 Å². The molecule has 3 heterocycles. The van der Waals surface area contributed by atoms with Crippen molar-refractivity contribution in [3.63, 3.8) is 0 Å². The number of piperazine rings is 1. The Balaban J connectivity index is 1.61. The molecule has 1 aliphatic rings. The van der Waals surface area contributed by atoms with Gasteiger partial charge in [-0.05, 0) is 26.1 Å². The van der Waals surface area contributed by atoms with Crippen LogP contribution in [0.2, 0.25) is 0 Å². The number of pyridine rings is 1. The first-order valence-corrected chi connectivity index (χ1v) is 8.57. The Morgan fingerprint density at radius 3 is 2.76 bits per heavy atom. The lowest BCUT2D eigenvalue weighted by atomic mass is 10.4. The van der Waals surface area contributed by atoms with E-state index in [0.29, 0.717) is 0 Å². The maximum absolute atomic E-state index is 5.55. The molecule has 0 saturated carbocycles. The topological polar surface area (TPSA) is 23.8 Å². The van der Waals surface area contributed by atoms with E-state index < -0.39 is 0 Å². The molecule has 0 unspecified atom stereocenters. The van der Waals surface area contributed by atoms with Crippen molar-refractivity contribution in [1.82, 2.24) is 19.2 Å². The average molecular weight is 320 g/mol. The van der Waals surface area contributed by atoms with Crippen LogP contribution >= 0.6 is 24.0 Å². The fraction of sp³-hybridized carbons (Fsp3) is 0.467. The molecule has 0 aromatic carbocycles. The molecule has 0 aliphatic carbocycles. The van der Waals surface area contributed by atoms with Crippen molar-refractivity contribution < 1.29 is 0 Å². The highest BCUT2D eigenvalue weighted by Gasteiger charge is 2.17. The number of rotatable bonds is 2. The lowest BCUT2D eigenvalue weighted by Gasteiger charge is -2.33. The van der Waals surface area contributed by atoms with Crippen molar-refractivity contribution in [2.45, 2.75) is 12.7 Å². The zero-order valence-electron chi connectivity index (χ0n) is 12.5. The quantitative estimate of drug-likeness (QED) is 0.791. The monoisotopic (exact) mass is 320 g/mol. The molecule has 21 heavy (non-hydrogen) atoms. The molecule has 0 amide bonds. The SMILES string of the molecule is Cc1cccc2nc(CSC(=S)N3CCN(C)CC3)cn12. The number of aryl methyl sites for hydroxylation is 1. The van der Waals surface area contributed by atoms with Crippen molar-refractivity contribution in [3.8, 4) is 0 Å². The van der Waals surface area contributed by atoms with Crippen molar-refractivity contribution >= 4 is 33.9 Å². The molecule has 3 rings (SSSR count). The predicted octanol–water partition coefficient (Wildman–Crippen LogP) is 2.41. The Morgan fingerprint density at radius 2 is 2.05 bits per heavy atom. The standard InChI is InChI=1S/C15H20N4S2/c1-12-4-3-5-14-16-13(10-19(12)14)11-21-15(20)18-8-6-17(2)7-9-18/h3-5,10H,6-9,11H2,1-2H3. The fourth-order valence-corrected chi connectivity index (χ4v) is 3.62. The zero-order chi connectivity index (χ0) is 14.8. The van der Waals surface area contributed by atoms with Gasteiger partial charge in [0.1, 0.15) is 9.97 Å². The van der Waals surface area contributed by atoms with Gasteiger partial charge in [0.15, 0.2) is 0 Å². The van der Waals surface area contributed by atoms with Crippen molar-refractivity contribution in [1.29, 1.82) is 0 Å². The summed E-state index contributed by atoms with van der Waals surface area (Å²) in [4.78, 5) is 9.31. The lowest BCUT2D eigenvalue weighted by Crippen LogP contribution is -2.45. The number of hydrogen-bond acceptors (Lipinski definition) is 4. The summed E-state index contributed by atoms with van der Waals surface area (Å²) < 4.78 is 3.13.